The Kier molecular flexibility index (Phi) is 4.19. The van der Waals surface area contributed by atoms with Crippen LogP contribution in [0.2, 0.25) is 0 Å². The second-order valence-electron chi connectivity index (χ2n) is 4.76. The van der Waals surface area contributed by atoms with Crippen LogP contribution in [0.3, 0.4) is 0 Å². The van der Waals surface area contributed by atoms with E-state index in [9.17, 15) is 20.4 Å². The van der Waals surface area contributed by atoms with Crippen LogP contribution in [0.15, 0.2) is 30.3 Å². The van der Waals surface area contributed by atoms with Gasteiger partial charge in [0.1, 0.15) is 6.10 Å². The van der Waals surface area contributed by atoms with Gasteiger partial charge in [0.15, 0.2) is 11.9 Å². The summed E-state index contributed by atoms with van der Waals surface area (Å²) in [5, 5.41) is 47.9. The van der Waals surface area contributed by atoms with Crippen LogP contribution in [-0.4, -0.2) is 56.2 Å². The Labute approximate surface area is 110 Å². The molecule has 1 aliphatic rings. The fourth-order valence-electron chi connectivity index (χ4n) is 2.33. The van der Waals surface area contributed by atoms with Crippen molar-refractivity contribution in [3.63, 3.8) is 0 Å². The molecule has 1 aliphatic carbocycles. The fraction of sp³-hybridized carbons (Fsp3) is 0.538. The van der Waals surface area contributed by atoms with Crippen molar-refractivity contribution in [3.8, 4) is 0 Å². The lowest BCUT2D eigenvalue weighted by molar-refractivity contribution is -0.349. The van der Waals surface area contributed by atoms with Gasteiger partial charge in [-0.3, -0.25) is 0 Å². The van der Waals surface area contributed by atoms with Gasteiger partial charge in [-0.1, -0.05) is 30.3 Å². The third kappa shape index (κ3) is 2.38. The molecule has 0 aliphatic heterocycles. The molecule has 0 radical (unpaired) electrons. The van der Waals surface area contributed by atoms with Crippen LogP contribution in [0.25, 0.3) is 0 Å². The van der Waals surface area contributed by atoms with Crippen molar-refractivity contribution < 1.29 is 30.3 Å². The summed E-state index contributed by atoms with van der Waals surface area (Å²) in [6, 6.07) is 9.01. The Morgan fingerprint density at radius 2 is 1.84 bits per heavy atom. The lowest BCUT2D eigenvalue weighted by Crippen LogP contribution is -2.75. The maximum Gasteiger partial charge on any atom is 0.187 e. The molecule has 6 nitrogen and oxygen atoms in total. The molecule has 1 fully saturated rings. The normalized spacial score (nSPS) is 35.7. The van der Waals surface area contributed by atoms with Crippen LogP contribution in [-0.2, 0) is 11.3 Å². The summed E-state index contributed by atoms with van der Waals surface area (Å²) in [5.74, 6) is -1.03. The largest absolute Gasteiger partial charge is 0.396 e. The Hall–Kier alpha value is -1.02. The predicted molar refractivity (Wildman–Crippen MR) is 64.8 cm³/mol. The van der Waals surface area contributed by atoms with Gasteiger partial charge in [0, 0.05) is 5.92 Å². The summed E-state index contributed by atoms with van der Waals surface area (Å²) in [5.41, 5.74) is -1.26. The van der Waals surface area contributed by atoms with Crippen molar-refractivity contribution in [1.82, 2.24) is 0 Å². The zero-order chi connectivity index (χ0) is 14.0. The molecular formula is C13H18O6. The number of hydrogen-bond acceptors (Lipinski definition) is 6. The van der Waals surface area contributed by atoms with Crippen molar-refractivity contribution in [2.45, 2.75) is 30.7 Å². The molecule has 5 N–H and O–H groups in total. The maximum absolute atomic E-state index is 10.1. The first-order valence-corrected chi connectivity index (χ1v) is 6.04. The van der Waals surface area contributed by atoms with Crippen LogP contribution >= 0.6 is 0 Å². The number of aliphatic hydroxyl groups is 5. The lowest BCUT2D eigenvalue weighted by Gasteiger charge is -2.54. The van der Waals surface area contributed by atoms with E-state index in [0.717, 1.165) is 5.56 Å². The SMILES string of the molecule is OCC1[C@@H](O)C(O)C1(O)[C@H](O)OCc1ccccc1. The van der Waals surface area contributed by atoms with Gasteiger partial charge in [0.2, 0.25) is 0 Å². The van der Waals surface area contributed by atoms with E-state index in [0.29, 0.717) is 0 Å². The zero-order valence-corrected chi connectivity index (χ0v) is 10.3. The highest BCUT2D eigenvalue weighted by Gasteiger charge is 2.64. The number of ether oxygens (including phenoxy) is 1. The molecule has 5 atom stereocenters. The van der Waals surface area contributed by atoms with Crippen molar-refractivity contribution in [1.29, 1.82) is 0 Å². The molecule has 1 aromatic rings. The number of aliphatic hydroxyl groups excluding tert-OH is 4. The lowest BCUT2D eigenvalue weighted by atomic mass is 9.64. The first-order valence-electron chi connectivity index (χ1n) is 6.04. The van der Waals surface area contributed by atoms with Gasteiger partial charge in [-0.05, 0) is 5.56 Å². The molecule has 1 aromatic carbocycles. The van der Waals surface area contributed by atoms with Gasteiger partial charge in [0.25, 0.3) is 0 Å². The summed E-state index contributed by atoms with van der Waals surface area (Å²) >= 11 is 0. The number of rotatable bonds is 5. The highest BCUT2D eigenvalue weighted by molar-refractivity contribution is 5.15. The summed E-state index contributed by atoms with van der Waals surface area (Å²) in [7, 11) is 0. The van der Waals surface area contributed by atoms with E-state index < -0.39 is 36.6 Å². The Morgan fingerprint density at radius 3 is 2.42 bits per heavy atom. The molecule has 6 heteroatoms. The highest BCUT2D eigenvalue weighted by Crippen LogP contribution is 2.42. The monoisotopic (exact) mass is 270 g/mol. The average molecular weight is 270 g/mol. The van der Waals surface area contributed by atoms with E-state index in [4.69, 9.17) is 9.84 Å². The first-order chi connectivity index (χ1) is 9.01. The Bertz CT molecular complexity index is 411. The van der Waals surface area contributed by atoms with E-state index >= 15 is 0 Å². The molecule has 106 valence electrons. The molecule has 2 rings (SSSR count). The molecule has 0 amide bonds. The minimum Gasteiger partial charge on any atom is -0.396 e. The van der Waals surface area contributed by atoms with E-state index in [1.165, 1.54) is 0 Å². The molecule has 1 saturated carbocycles. The fourth-order valence-corrected chi connectivity index (χ4v) is 2.33. The van der Waals surface area contributed by atoms with Crippen molar-refractivity contribution in [3.05, 3.63) is 35.9 Å². The van der Waals surface area contributed by atoms with Crippen molar-refractivity contribution in [2.75, 3.05) is 6.61 Å². The van der Waals surface area contributed by atoms with E-state index in [-0.39, 0.29) is 6.61 Å². The van der Waals surface area contributed by atoms with E-state index in [1.807, 2.05) is 6.07 Å². The molecule has 3 unspecified atom stereocenters. The standard InChI is InChI=1S/C13H18O6/c14-6-9-10(15)11(16)13(9,18)12(17)19-7-8-4-2-1-3-5-8/h1-5,9-12,14-18H,6-7H2/t9?,10-,11?,12-,13?/m1/s1. The summed E-state index contributed by atoms with van der Waals surface area (Å²) in [6.45, 7) is -0.508. The molecule has 19 heavy (non-hydrogen) atoms. The van der Waals surface area contributed by atoms with Crippen molar-refractivity contribution in [2.24, 2.45) is 5.92 Å². The first kappa shape index (κ1) is 14.4. The molecule has 0 aromatic heterocycles. The minimum absolute atomic E-state index is 0.0469. The smallest absolute Gasteiger partial charge is 0.187 e. The van der Waals surface area contributed by atoms with Gasteiger partial charge >= 0.3 is 0 Å². The van der Waals surface area contributed by atoms with Gasteiger partial charge in [-0.2, -0.15) is 0 Å². The van der Waals surface area contributed by atoms with Crippen LogP contribution in [0.4, 0.5) is 0 Å². The topological polar surface area (TPSA) is 110 Å². The van der Waals surface area contributed by atoms with Gasteiger partial charge in [-0.15, -0.1) is 0 Å². The second-order valence-corrected chi connectivity index (χ2v) is 4.76. The predicted octanol–water partition coefficient (Wildman–Crippen LogP) is -1.40. The number of benzene rings is 1. The maximum atomic E-state index is 10.1. The van der Waals surface area contributed by atoms with E-state index in [1.54, 1.807) is 24.3 Å². The molecule has 0 saturated heterocycles. The quantitative estimate of drug-likeness (QED) is 0.421. The highest BCUT2D eigenvalue weighted by atomic mass is 16.6. The van der Waals surface area contributed by atoms with Crippen LogP contribution < -0.4 is 0 Å². The second kappa shape index (κ2) is 5.54. The van der Waals surface area contributed by atoms with Gasteiger partial charge in [0.05, 0.1) is 19.3 Å². The Balaban J connectivity index is 1.98. The third-order valence-electron chi connectivity index (χ3n) is 3.65. The third-order valence-corrected chi connectivity index (χ3v) is 3.65. The van der Waals surface area contributed by atoms with Gasteiger partial charge in [-0.25, -0.2) is 0 Å². The summed E-state index contributed by atoms with van der Waals surface area (Å²) in [6.07, 6.45) is -4.51. The zero-order valence-electron chi connectivity index (χ0n) is 10.3. The van der Waals surface area contributed by atoms with Crippen LogP contribution in [0, 0.1) is 5.92 Å². The van der Waals surface area contributed by atoms with Crippen molar-refractivity contribution >= 4 is 0 Å². The average Bonchev–Trinajstić information content (AvgIpc) is 2.45. The van der Waals surface area contributed by atoms with E-state index in [2.05, 4.69) is 0 Å². The Morgan fingerprint density at radius 1 is 1.21 bits per heavy atom. The summed E-state index contributed by atoms with van der Waals surface area (Å²) in [4.78, 5) is 0. The van der Waals surface area contributed by atoms with Crippen LogP contribution in [0.1, 0.15) is 5.56 Å². The van der Waals surface area contributed by atoms with Crippen LogP contribution in [0.5, 0.6) is 0 Å². The van der Waals surface area contributed by atoms with Gasteiger partial charge < -0.3 is 30.3 Å². The molecular weight excluding hydrogens is 252 g/mol. The molecule has 0 heterocycles. The molecule has 0 bridgehead atoms. The minimum atomic E-state index is -2.05. The summed E-state index contributed by atoms with van der Waals surface area (Å²) < 4.78 is 5.11. The number of hydrogen-bond donors (Lipinski definition) is 5. The molecule has 0 spiro atoms.